The Labute approximate surface area is 229 Å². The van der Waals surface area contributed by atoms with Crippen LogP contribution in [0.4, 0.5) is 40.6 Å². The molecule has 0 atom stereocenters. The molecule has 40 heavy (non-hydrogen) atoms. The summed E-state index contributed by atoms with van der Waals surface area (Å²) in [6.07, 6.45) is -1.42. The lowest BCUT2D eigenvalue weighted by atomic mass is 10.1. The quantitative estimate of drug-likeness (QED) is 0.161. The molecule has 2 aromatic carbocycles. The number of benzene rings is 2. The zero-order valence-corrected chi connectivity index (χ0v) is 21.8. The van der Waals surface area contributed by atoms with Crippen molar-refractivity contribution in [3.8, 4) is 0 Å². The fraction of sp³-hybridized carbons (Fsp3) is 0.111. The van der Waals surface area contributed by atoms with Gasteiger partial charge in [0.05, 0.1) is 34.8 Å². The molecule has 0 aliphatic rings. The summed E-state index contributed by atoms with van der Waals surface area (Å²) in [4.78, 5) is 8.31. The maximum absolute atomic E-state index is 13.9. The van der Waals surface area contributed by atoms with Crippen LogP contribution in [0.1, 0.15) is 17.0 Å². The summed E-state index contributed by atoms with van der Waals surface area (Å²) in [5.74, 6) is -0.367. The van der Waals surface area contributed by atoms with E-state index < -0.39 is 17.6 Å². The highest BCUT2D eigenvalue weighted by molar-refractivity contribution is 6.31. The number of nitrogens with zero attached hydrogens (tertiary/aromatic N) is 4. The summed E-state index contributed by atoms with van der Waals surface area (Å²) in [6, 6.07) is 14.9. The first kappa shape index (κ1) is 26.9. The maximum atomic E-state index is 13.9. The summed E-state index contributed by atoms with van der Waals surface area (Å²) in [6.45, 7) is 3.78. The number of hydrogen-bond donors (Lipinski definition) is 4. The van der Waals surface area contributed by atoms with Crippen LogP contribution in [0, 0.1) is 19.7 Å². The van der Waals surface area contributed by atoms with Crippen LogP contribution < -0.4 is 10.6 Å². The van der Waals surface area contributed by atoms with Gasteiger partial charge in [-0.1, -0.05) is 11.6 Å². The number of hydrogen-bond acceptors (Lipinski definition) is 6. The molecule has 0 saturated heterocycles. The SMILES string of the molecule is Cc1ccc(Nc2n[nH]c3c(F)c(C(F)(F)F)ccc23)cn1.Cc1ccc(Nc2n[nH]c3cc(Cl)ccc23)cn1. The van der Waals surface area contributed by atoms with E-state index in [0.29, 0.717) is 16.8 Å². The summed E-state index contributed by atoms with van der Waals surface area (Å²) < 4.78 is 51.9. The topological polar surface area (TPSA) is 107 Å². The number of H-pyrrole nitrogens is 2. The molecule has 0 amide bonds. The molecule has 4 N–H and O–H groups in total. The lowest BCUT2D eigenvalue weighted by Crippen LogP contribution is -2.08. The second-order valence-corrected chi connectivity index (χ2v) is 9.24. The zero-order valence-electron chi connectivity index (χ0n) is 21.0. The van der Waals surface area contributed by atoms with Crippen molar-refractivity contribution >= 4 is 56.4 Å². The number of nitrogens with one attached hydrogen (secondary N) is 4. The van der Waals surface area contributed by atoms with E-state index in [0.717, 1.165) is 33.8 Å². The van der Waals surface area contributed by atoms with E-state index in [-0.39, 0.29) is 16.7 Å². The molecular formula is C27H21ClF4N8. The molecule has 0 radical (unpaired) electrons. The van der Waals surface area contributed by atoms with Crippen LogP contribution in [0.15, 0.2) is 67.0 Å². The van der Waals surface area contributed by atoms with Gasteiger partial charge >= 0.3 is 6.18 Å². The van der Waals surface area contributed by atoms with Gasteiger partial charge in [-0.25, -0.2) is 4.39 Å². The van der Waals surface area contributed by atoms with Gasteiger partial charge in [-0.15, -0.1) is 0 Å². The second kappa shape index (κ2) is 10.8. The largest absolute Gasteiger partial charge is 0.419 e. The van der Waals surface area contributed by atoms with Crippen molar-refractivity contribution in [1.82, 2.24) is 30.4 Å². The van der Waals surface area contributed by atoms with Gasteiger partial charge in [0.15, 0.2) is 17.5 Å². The molecule has 0 aliphatic heterocycles. The van der Waals surface area contributed by atoms with E-state index in [1.807, 2.05) is 44.2 Å². The molecule has 0 bridgehead atoms. The number of aryl methyl sites for hydroxylation is 2. The summed E-state index contributed by atoms with van der Waals surface area (Å²) >= 11 is 5.93. The lowest BCUT2D eigenvalue weighted by molar-refractivity contribution is -0.139. The highest BCUT2D eigenvalue weighted by atomic mass is 35.5. The number of pyridine rings is 2. The minimum absolute atomic E-state index is 0.228. The predicted octanol–water partition coefficient (Wildman–Crippen LogP) is 7.83. The number of halogens is 5. The van der Waals surface area contributed by atoms with Crippen LogP contribution in [0.2, 0.25) is 5.02 Å². The summed E-state index contributed by atoms with van der Waals surface area (Å²) in [5.41, 5.74) is 2.59. The van der Waals surface area contributed by atoms with Gasteiger partial charge in [0.2, 0.25) is 0 Å². The number of aromatic amines is 2. The average Bonchev–Trinajstić information content (AvgIpc) is 3.51. The van der Waals surface area contributed by atoms with E-state index in [9.17, 15) is 17.6 Å². The van der Waals surface area contributed by atoms with Crippen molar-refractivity contribution in [3.63, 3.8) is 0 Å². The molecule has 0 spiro atoms. The molecule has 4 aromatic heterocycles. The molecule has 6 rings (SSSR count). The van der Waals surface area contributed by atoms with Crippen LogP contribution in [-0.2, 0) is 6.18 Å². The molecular weight excluding hydrogens is 548 g/mol. The van der Waals surface area contributed by atoms with Gasteiger partial charge in [0.1, 0.15) is 5.52 Å². The Balaban J connectivity index is 0.000000164. The van der Waals surface area contributed by atoms with E-state index in [1.54, 1.807) is 24.5 Å². The van der Waals surface area contributed by atoms with E-state index in [1.165, 1.54) is 6.07 Å². The number of alkyl halides is 3. The van der Waals surface area contributed by atoms with Crippen molar-refractivity contribution in [2.45, 2.75) is 20.0 Å². The Bertz CT molecular complexity index is 1780. The normalized spacial score (nSPS) is 11.4. The van der Waals surface area contributed by atoms with Crippen LogP contribution >= 0.6 is 11.6 Å². The number of fused-ring (bicyclic) bond motifs is 2. The number of anilines is 4. The first-order valence-corrected chi connectivity index (χ1v) is 12.2. The number of aromatic nitrogens is 6. The highest BCUT2D eigenvalue weighted by Crippen LogP contribution is 2.36. The van der Waals surface area contributed by atoms with Gasteiger partial charge < -0.3 is 10.6 Å². The molecule has 6 aromatic rings. The van der Waals surface area contributed by atoms with Gasteiger partial charge in [-0.2, -0.15) is 23.4 Å². The minimum Gasteiger partial charge on any atom is -0.337 e. The Morgan fingerprint density at radius 2 is 1.32 bits per heavy atom. The fourth-order valence-corrected chi connectivity index (χ4v) is 3.99. The maximum Gasteiger partial charge on any atom is 0.419 e. The smallest absolute Gasteiger partial charge is 0.337 e. The van der Waals surface area contributed by atoms with Crippen molar-refractivity contribution in [1.29, 1.82) is 0 Å². The number of rotatable bonds is 4. The van der Waals surface area contributed by atoms with Crippen molar-refractivity contribution in [3.05, 3.63) is 94.8 Å². The first-order chi connectivity index (χ1) is 19.1. The van der Waals surface area contributed by atoms with E-state index in [4.69, 9.17) is 11.6 Å². The molecule has 13 heteroatoms. The van der Waals surface area contributed by atoms with Crippen molar-refractivity contribution < 1.29 is 17.6 Å². The molecule has 8 nitrogen and oxygen atoms in total. The second-order valence-electron chi connectivity index (χ2n) is 8.81. The third-order valence-electron chi connectivity index (χ3n) is 5.86. The molecule has 0 aliphatic carbocycles. The Kier molecular flexibility index (Phi) is 7.26. The predicted molar refractivity (Wildman–Crippen MR) is 147 cm³/mol. The van der Waals surface area contributed by atoms with Crippen LogP contribution in [0.3, 0.4) is 0 Å². The van der Waals surface area contributed by atoms with E-state index >= 15 is 0 Å². The van der Waals surface area contributed by atoms with Gasteiger partial charge in [-0.05, 0) is 68.4 Å². The van der Waals surface area contributed by atoms with Crippen molar-refractivity contribution in [2.24, 2.45) is 0 Å². The fourth-order valence-electron chi connectivity index (χ4n) is 3.81. The third kappa shape index (κ3) is 5.81. The van der Waals surface area contributed by atoms with Crippen LogP contribution in [-0.4, -0.2) is 30.4 Å². The average molecular weight is 569 g/mol. The molecule has 0 saturated carbocycles. The lowest BCUT2D eigenvalue weighted by Gasteiger charge is -2.08. The van der Waals surface area contributed by atoms with E-state index in [2.05, 4.69) is 41.0 Å². The third-order valence-corrected chi connectivity index (χ3v) is 6.09. The van der Waals surface area contributed by atoms with Gasteiger partial charge in [-0.3, -0.25) is 20.2 Å². The zero-order chi connectivity index (χ0) is 28.4. The molecule has 4 heterocycles. The molecule has 0 fully saturated rings. The minimum atomic E-state index is -4.75. The monoisotopic (exact) mass is 568 g/mol. The Morgan fingerprint density at radius 3 is 1.90 bits per heavy atom. The Hall–Kier alpha value is -4.71. The highest BCUT2D eigenvalue weighted by Gasteiger charge is 2.35. The molecule has 204 valence electrons. The van der Waals surface area contributed by atoms with Gasteiger partial charge in [0.25, 0.3) is 0 Å². The Morgan fingerprint density at radius 1 is 0.750 bits per heavy atom. The summed E-state index contributed by atoms with van der Waals surface area (Å²) in [7, 11) is 0. The van der Waals surface area contributed by atoms with Gasteiger partial charge in [0, 0.05) is 27.2 Å². The first-order valence-electron chi connectivity index (χ1n) is 11.9. The summed E-state index contributed by atoms with van der Waals surface area (Å²) in [5, 5.41) is 21.3. The van der Waals surface area contributed by atoms with Crippen LogP contribution in [0.5, 0.6) is 0 Å². The standard InChI is InChI=1S/C14H10F4N4.C13H11ClN4/c1-7-2-3-8(6-19-7)20-13-9-4-5-10(14(16,17)18)11(15)12(9)21-22-13;1-8-2-4-10(7-15-8)16-13-11-5-3-9(14)6-12(11)17-18-13/h2-6H,1H3,(H2,20,21,22);2-7H,1H3,(H2,16,17,18). The van der Waals surface area contributed by atoms with Crippen molar-refractivity contribution in [2.75, 3.05) is 10.6 Å². The van der Waals surface area contributed by atoms with Crippen LogP contribution in [0.25, 0.3) is 21.8 Å². The molecule has 0 unspecified atom stereocenters.